The second-order valence-electron chi connectivity index (χ2n) is 7.80. The molecule has 2 saturated heterocycles. The van der Waals surface area contributed by atoms with Gasteiger partial charge >= 0.3 is 12.1 Å². The van der Waals surface area contributed by atoms with Crippen molar-refractivity contribution in [2.45, 2.75) is 75.3 Å². The Hall–Kier alpha value is -1.46. The van der Waals surface area contributed by atoms with Crippen LogP contribution < -0.4 is 5.32 Å². The van der Waals surface area contributed by atoms with Gasteiger partial charge in [0.2, 0.25) is 0 Å². The summed E-state index contributed by atoms with van der Waals surface area (Å²) in [5.41, 5.74) is -2.13. The lowest BCUT2D eigenvalue weighted by atomic mass is 9.90. The number of ether oxygens (including phenoxy) is 3. The van der Waals surface area contributed by atoms with Crippen LogP contribution in [0.2, 0.25) is 0 Å². The molecule has 0 spiro atoms. The molecule has 0 aromatic heterocycles. The Morgan fingerprint density at radius 1 is 1.35 bits per heavy atom. The van der Waals surface area contributed by atoms with E-state index in [9.17, 15) is 30.0 Å². The molecule has 26 heavy (non-hydrogen) atoms. The first-order valence-corrected chi connectivity index (χ1v) is 8.45. The number of carboxylic acids is 1. The van der Waals surface area contributed by atoms with Crippen molar-refractivity contribution in [3.05, 3.63) is 0 Å². The summed E-state index contributed by atoms with van der Waals surface area (Å²) >= 11 is 0. The van der Waals surface area contributed by atoms with Crippen molar-refractivity contribution in [3.8, 4) is 0 Å². The summed E-state index contributed by atoms with van der Waals surface area (Å²) in [7, 11) is 0. The number of amides is 1. The number of carbonyl (C=O) groups is 2. The SMILES string of the molecule is CC(C)(C)OC(=O)N[C@@H](CC1(CO)C[C@H]2OC[C@@H](O)[C@@H](O)[C@H]2O1)C(=O)O. The van der Waals surface area contributed by atoms with Crippen LogP contribution in [0, 0.1) is 0 Å². The smallest absolute Gasteiger partial charge is 0.408 e. The Bertz CT molecular complexity index is 534. The number of hydrogen-bond donors (Lipinski definition) is 5. The van der Waals surface area contributed by atoms with Crippen molar-refractivity contribution in [2.24, 2.45) is 0 Å². The molecule has 1 unspecified atom stereocenters. The van der Waals surface area contributed by atoms with E-state index in [0.29, 0.717) is 0 Å². The van der Waals surface area contributed by atoms with Crippen molar-refractivity contribution in [1.82, 2.24) is 5.32 Å². The molecule has 5 N–H and O–H groups in total. The standard InChI is InChI=1S/C16H27NO9/c1-15(2,3)26-14(23)17-8(13(21)22)4-16(7-18)5-10-12(25-16)11(20)9(19)6-24-10/h8-12,18-20H,4-7H2,1-3H3,(H,17,23)(H,21,22)/t8-,9+,10+,11+,12-,16?/m0/s1. The van der Waals surface area contributed by atoms with Gasteiger partial charge in [0.1, 0.15) is 30.0 Å². The van der Waals surface area contributed by atoms with Crippen molar-refractivity contribution in [2.75, 3.05) is 13.2 Å². The summed E-state index contributed by atoms with van der Waals surface area (Å²) in [4.78, 5) is 23.4. The van der Waals surface area contributed by atoms with E-state index in [0.717, 1.165) is 0 Å². The number of rotatable bonds is 5. The van der Waals surface area contributed by atoms with E-state index in [4.69, 9.17) is 14.2 Å². The Morgan fingerprint density at radius 3 is 2.54 bits per heavy atom. The lowest BCUT2D eigenvalue weighted by Crippen LogP contribution is -2.51. The first kappa shape index (κ1) is 20.8. The summed E-state index contributed by atoms with van der Waals surface area (Å²) in [6.07, 6.45) is -4.83. The van der Waals surface area contributed by atoms with Gasteiger partial charge in [-0.3, -0.25) is 0 Å². The molecule has 150 valence electrons. The summed E-state index contributed by atoms with van der Waals surface area (Å²) < 4.78 is 16.2. The van der Waals surface area contributed by atoms with Crippen LogP contribution in [0.15, 0.2) is 0 Å². The van der Waals surface area contributed by atoms with Gasteiger partial charge in [-0.15, -0.1) is 0 Å². The van der Waals surface area contributed by atoms with E-state index < -0.39 is 60.3 Å². The molecule has 0 radical (unpaired) electrons. The Balaban J connectivity index is 2.08. The normalized spacial score (nSPS) is 35.5. The topological polar surface area (TPSA) is 155 Å². The molecular weight excluding hydrogens is 350 g/mol. The second kappa shape index (κ2) is 7.65. The number of aliphatic hydroxyl groups is 3. The van der Waals surface area contributed by atoms with Gasteiger partial charge in [0.05, 0.1) is 24.9 Å². The lowest BCUT2D eigenvalue weighted by molar-refractivity contribution is -0.192. The maximum absolute atomic E-state index is 11.9. The molecule has 2 aliphatic rings. The van der Waals surface area contributed by atoms with Crippen LogP contribution in [0.5, 0.6) is 0 Å². The molecule has 2 aliphatic heterocycles. The summed E-state index contributed by atoms with van der Waals surface area (Å²) in [6.45, 7) is 4.32. The minimum atomic E-state index is -1.38. The summed E-state index contributed by atoms with van der Waals surface area (Å²) in [5, 5.41) is 41.2. The number of carboxylic acid groups (broad SMARTS) is 1. The molecule has 0 aliphatic carbocycles. The van der Waals surface area contributed by atoms with Gasteiger partial charge in [-0.05, 0) is 20.8 Å². The van der Waals surface area contributed by atoms with Gasteiger partial charge in [0.15, 0.2) is 0 Å². The van der Waals surface area contributed by atoms with Gasteiger partial charge in [-0.2, -0.15) is 0 Å². The van der Waals surface area contributed by atoms with Crippen LogP contribution in [-0.2, 0) is 19.0 Å². The van der Waals surface area contributed by atoms with Crippen LogP contribution in [0.25, 0.3) is 0 Å². The molecule has 0 bridgehead atoms. The third-order valence-electron chi connectivity index (χ3n) is 4.39. The Kier molecular flexibility index (Phi) is 6.13. The van der Waals surface area contributed by atoms with E-state index in [1.807, 2.05) is 0 Å². The van der Waals surface area contributed by atoms with Crippen molar-refractivity contribution >= 4 is 12.1 Å². The average molecular weight is 377 g/mol. The minimum Gasteiger partial charge on any atom is -0.480 e. The summed E-state index contributed by atoms with van der Waals surface area (Å²) in [5.74, 6) is -1.32. The molecule has 2 rings (SSSR count). The highest BCUT2D eigenvalue weighted by atomic mass is 16.6. The van der Waals surface area contributed by atoms with E-state index >= 15 is 0 Å². The molecule has 2 fully saturated rings. The molecular formula is C16H27NO9. The predicted octanol–water partition coefficient (Wildman–Crippen LogP) is -1.00. The number of fused-ring (bicyclic) bond motifs is 1. The molecule has 1 amide bonds. The van der Waals surface area contributed by atoms with Crippen LogP contribution in [0.3, 0.4) is 0 Å². The quantitative estimate of drug-likeness (QED) is 0.405. The molecule has 0 aromatic carbocycles. The first-order chi connectivity index (χ1) is 12.0. The van der Waals surface area contributed by atoms with E-state index in [1.165, 1.54) is 0 Å². The molecule has 10 nitrogen and oxygen atoms in total. The van der Waals surface area contributed by atoms with Gasteiger partial charge in [0, 0.05) is 12.8 Å². The maximum atomic E-state index is 11.9. The molecule has 0 aromatic rings. The fourth-order valence-electron chi connectivity index (χ4n) is 3.20. The number of hydrogen-bond acceptors (Lipinski definition) is 8. The van der Waals surface area contributed by atoms with Crippen molar-refractivity contribution in [3.63, 3.8) is 0 Å². The zero-order chi connectivity index (χ0) is 19.7. The van der Waals surface area contributed by atoms with Gasteiger partial charge in [0.25, 0.3) is 0 Å². The molecule has 0 saturated carbocycles. The molecule has 10 heteroatoms. The highest BCUT2D eigenvalue weighted by Crippen LogP contribution is 2.39. The van der Waals surface area contributed by atoms with Crippen LogP contribution >= 0.6 is 0 Å². The Labute approximate surface area is 151 Å². The minimum absolute atomic E-state index is 0.0777. The van der Waals surface area contributed by atoms with Crippen molar-refractivity contribution in [1.29, 1.82) is 0 Å². The first-order valence-electron chi connectivity index (χ1n) is 8.45. The monoisotopic (exact) mass is 377 g/mol. The fourth-order valence-corrected chi connectivity index (χ4v) is 3.20. The van der Waals surface area contributed by atoms with E-state index in [2.05, 4.69) is 5.32 Å². The number of carbonyl (C=O) groups excluding carboxylic acids is 1. The number of alkyl carbamates (subject to hydrolysis) is 1. The molecule has 2 heterocycles. The fraction of sp³-hybridized carbons (Fsp3) is 0.875. The Morgan fingerprint density at radius 2 is 2.00 bits per heavy atom. The van der Waals surface area contributed by atoms with Gasteiger partial charge in [-0.25, -0.2) is 9.59 Å². The van der Waals surface area contributed by atoms with Crippen LogP contribution in [-0.4, -0.2) is 87.4 Å². The van der Waals surface area contributed by atoms with Gasteiger partial charge < -0.3 is 40.0 Å². The molecule has 6 atom stereocenters. The lowest BCUT2D eigenvalue weighted by Gasteiger charge is -2.34. The van der Waals surface area contributed by atoms with Crippen LogP contribution in [0.4, 0.5) is 4.79 Å². The summed E-state index contributed by atoms with van der Waals surface area (Å²) in [6, 6.07) is -1.38. The predicted molar refractivity (Wildman–Crippen MR) is 86.5 cm³/mol. The van der Waals surface area contributed by atoms with Crippen molar-refractivity contribution < 1.29 is 44.2 Å². The largest absolute Gasteiger partial charge is 0.480 e. The third-order valence-corrected chi connectivity index (χ3v) is 4.39. The highest BCUT2D eigenvalue weighted by molar-refractivity contribution is 5.80. The van der Waals surface area contributed by atoms with E-state index in [-0.39, 0.29) is 19.4 Å². The maximum Gasteiger partial charge on any atom is 0.408 e. The van der Waals surface area contributed by atoms with Gasteiger partial charge in [-0.1, -0.05) is 0 Å². The number of nitrogens with one attached hydrogen (secondary N) is 1. The average Bonchev–Trinajstić information content (AvgIpc) is 2.88. The third kappa shape index (κ3) is 4.83. The number of aliphatic carboxylic acids is 1. The zero-order valence-corrected chi connectivity index (χ0v) is 15.0. The highest BCUT2D eigenvalue weighted by Gasteiger charge is 2.54. The second-order valence-corrected chi connectivity index (χ2v) is 7.80. The number of aliphatic hydroxyl groups excluding tert-OH is 3. The van der Waals surface area contributed by atoms with E-state index in [1.54, 1.807) is 20.8 Å². The zero-order valence-electron chi connectivity index (χ0n) is 15.0. The van der Waals surface area contributed by atoms with Crippen LogP contribution in [0.1, 0.15) is 33.6 Å².